The molecule has 0 saturated carbocycles. The molecular formula is C4H7NO2S. The van der Waals surface area contributed by atoms with Crippen molar-refractivity contribution in [2.45, 2.75) is 12.3 Å². The third-order valence-electron chi connectivity index (χ3n) is 0.480. The van der Waals surface area contributed by atoms with Crippen molar-refractivity contribution < 1.29 is 9.59 Å². The highest BCUT2D eigenvalue weighted by Crippen LogP contribution is 1.80. The van der Waals surface area contributed by atoms with Gasteiger partial charge in [-0.15, -0.1) is 12.6 Å². The van der Waals surface area contributed by atoms with Crippen molar-refractivity contribution in [1.82, 2.24) is 5.32 Å². The van der Waals surface area contributed by atoms with E-state index < -0.39 is 5.37 Å². The van der Waals surface area contributed by atoms with Crippen molar-refractivity contribution >= 4 is 24.8 Å². The number of rotatable bonds is 2. The molecule has 0 radical (unpaired) electrons. The van der Waals surface area contributed by atoms with Gasteiger partial charge in [0, 0.05) is 6.92 Å². The Kier molecular flexibility index (Phi) is 3.26. The SMILES string of the molecule is CC(=O)N[C@@H](S)C=O. The van der Waals surface area contributed by atoms with Gasteiger partial charge in [0.1, 0.15) is 5.37 Å². The maximum Gasteiger partial charge on any atom is 0.218 e. The zero-order valence-corrected chi connectivity index (χ0v) is 5.31. The molecule has 0 aromatic rings. The second-order valence-corrected chi connectivity index (χ2v) is 1.84. The molecule has 1 amide bonds. The van der Waals surface area contributed by atoms with Crippen molar-refractivity contribution in [3.8, 4) is 0 Å². The van der Waals surface area contributed by atoms with Crippen LogP contribution in [-0.2, 0) is 9.59 Å². The highest BCUT2D eigenvalue weighted by molar-refractivity contribution is 7.81. The van der Waals surface area contributed by atoms with E-state index in [1.54, 1.807) is 0 Å². The zero-order chi connectivity index (χ0) is 6.57. The smallest absolute Gasteiger partial charge is 0.218 e. The van der Waals surface area contributed by atoms with Crippen molar-refractivity contribution in [3.05, 3.63) is 0 Å². The van der Waals surface area contributed by atoms with E-state index in [4.69, 9.17) is 0 Å². The van der Waals surface area contributed by atoms with E-state index in [1.165, 1.54) is 6.92 Å². The van der Waals surface area contributed by atoms with Gasteiger partial charge in [-0.3, -0.25) is 4.79 Å². The number of thiol groups is 1. The molecule has 0 heterocycles. The highest BCUT2D eigenvalue weighted by Gasteiger charge is 1.98. The molecule has 0 saturated heterocycles. The summed E-state index contributed by atoms with van der Waals surface area (Å²) in [5, 5.41) is 1.59. The molecule has 0 bridgehead atoms. The summed E-state index contributed by atoms with van der Waals surface area (Å²) in [5.74, 6) is -0.253. The molecule has 0 unspecified atom stereocenters. The van der Waals surface area contributed by atoms with E-state index in [1.807, 2.05) is 0 Å². The molecule has 0 aliphatic rings. The number of aldehydes is 1. The van der Waals surface area contributed by atoms with Crippen molar-refractivity contribution in [3.63, 3.8) is 0 Å². The second kappa shape index (κ2) is 3.49. The summed E-state index contributed by atoms with van der Waals surface area (Å²) in [6.45, 7) is 1.33. The minimum atomic E-state index is -0.660. The van der Waals surface area contributed by atoms with E-state index in [9.17, 15) is 9.59 Å². The average molecular weight is 133 g/mol. The third kappa shape index (κ3) is 3.67. The lowest BCUT2D eigenvalue weighted by Gasteiger charge is -2.00. The van der Waals surface area contributed by atoms with E-state index in [-0.39, 0.29) is 5.91 Å². The molecule has 1 N–H and O–H groups in total. The quantitative estimate of drug-likeness (QED) is 0.305. The molecule has 0 fully saturated rings. The first-order valence-electron chi connectivity index (χ1n) is 2.07. The van der Waals surface area contributed by atoms with Gasteiger partial charge in [0.15, 0.2) is 6.29 Å². The third-order valence-corrected chi connectivity index (χ3v) is 0.731. The van der Waals surface area contributed by atoms with Gasteiger partial charge in [-0.1, -0.05) is 0 Å². The Morgan fingerprint density at radius 2 is 2.38 bits per heavy atom. The van der Waals surface area contributed by atoms with E-state index in [2.05, 4.69) is 17.9 Å². The molecule has 0 aromatic heterocycles. The number of hydrogen-bond acceptors (Lipinski definition) is 3. The molecule has 0 spiro atoms. The summed E-state index contributed by atoms with van der Waals surface area (Å²) in [5.41, 5.74) is 0. The van der Waals surface area contributed by atoms with E-state index in [0.717, 1.165) is 0 Å². The summed E-state index contributed by atoms with van der Waals surface area (Å²) >= 11 is 3.67. The van der Waals surface area contributed by atoms with Crippen LogP contribution < -0.4 is 5.32 Å². The molecule has 3 nitrogen and oxygen atoms in total. The fourth-order valence-electron chi connectivity index (χ4n) is 0.242. The standard InChI is InChI=1S/C4H7NO2S/c1-3(7)5-4(8)2-6/h2,4,8H,1H3,(H,5,7)/t4-/m0/s1. The number of hydrogen-bond donors (Lipinski definition) is 2. The fourth-order valence-corrected chi connectivity index (χ4v) is 0.424. The predicted molar refractivity (Wildman–Crippen MR) is 32.7 cm³/mol. The largest absolute Gasteiger partial charge is 0.338 e. The first-order valence-corrected chi connectivity index (χ1v) is 2.59. The van der Waals surface area contributed by atoms with Crippen LogP contribution in [0.5, 0.6) is 0 Å². The van der Waals surface area contributed by atoms with Crippen LogP contribution in [0.4, 0.5) is 0 Å². The molecule has 0 aliphatic carbocycles. The van der Waals surface area contributed by atoms with Crippen LogP contribution in [0.25, 0.3) is 0 Å². The minimum absolute atomic E-state index is 0.253. The van der Waals surface area contributed by atoms with Gasteiger partial charge in [-0.25, -0.2) is 0 Å². The van der Waals surface area contributed by atoms with Crippen LogP contribution in [0, 0.1) is 0 Å². The summed E-state index contributed by atoms with van der Waals surface area (Å²) in [4.78, 5) is 19.8. The predicted octanol–water partition coefficient (Wildman–Crippen LogP) is -0.423. The van der Waals surface area contributed by atoms with Gasteiger partial charge < -0.3 is 10.1 Å². The molecule has 1 atom stereocenters. The van der Waals surface area contributed by atoms with Crippen LogP contribution in [0.2, 0.25) is 0 Å². The van der Waals surface area contributed by atoms with Crippen LogP contribution in [-0.4, -0.2) is 17.6 Å². The van der Waals surface area contributed by atoms with E-state index in [0.29, 0.717) is 6.29 Å². The number of nitrogens with one attached hydrogen (secondary N) is 1. The first kappa shape index (κ1) is 7.49. The molecule has 0 aliphatic heterocycles. The summed E-state index contributed by atoms with van der Waals surface area (Å²) in [6, 6.07) is 0. The van der Waals surface area contributed by atoms with E-state index >= 15 is 0 Å². The molecule has 0 rings (SSSR count). The zero-order valence-electron chi connectivity index (χ0n) is 4.42. The molecule has 0 aromatic carbocycles. The van der Waals surface area contributed by atoms with Crippen LogP contribution in [0.3, 0.4) is 0 Å². The van der Waals surface area contributed by atoms with Gasteiger partial charge in [0.25, 0.3) is 0 Å². The van der Waals surface area contributed by atoms with Crippen molar-refractivity contribution in [2.75, 3.05) is 0 Å². The van der Waals surface area contributed by atoms with Gasteiger partial charge in [0.05, 0.1) is 0 Å². The van der Waals surface area contributed by atoms with Crippen LogP contribution >= 0.6 is 12.6 Å². The Hall–Kier alpha value is -0.510. The Bertz CT molecular complexity index is 104. The Balaban J connectivity index is 3.38. The lowest BCUT2D eigenvalue weighted by atomic mass is 10.6. The Morgan fingerprint density at radius 3 is 2.50 bits per heavy atom. The van der Waals surface area contributed by atoms with Gasteiger partial charge in [-0.2, -0.15) is 0 Å². The highest BCUT2D eigenvalue weighted by atomic mass is 32.1. The van der Waals surface area contributed by atoms with Gasteiger partial charge in [0.2, 0.25) is 5.91 Å². The normalized spacial score (nSPS) is 12.2. The fraction of sp³-hybridized carbons (Fsp3) is 0.500. The number of carbonyl (C=O) groups is 2. The monoisotopic (exact) mass is 133 g/mol. The summed E-state index contributed by atoms with van der Waals surface area (Å²) < 4.78 is 0. The van der Waals surface area contributed by atoms with Gasteiger partial charge in [-0.05, 0) is 0 Å². The Labute approximate surface area is 52.9 Å². The first-order chi connectivity index (χ1) is 3.66. The Morgan fingerprint density at radius 1 is 1.88 bits per heavy atom. The average Bonchev–Trinajstić information content (AvgIpc) is 1.65. The lowest BCUT2D eigenvalue weighted by molar-refractivity contribution is -0.121. The lowest BCUT2D eigenvalue weighted by Crippen LogP contribution is -2.29. The van der Waals surface area contributed by atoms with Crippen molar-refractivity contribution in [2.24, 2.45) is 0 Å². The maximum absolute atomic E-state index is 10.1. The van der Waals surface area contributed by atoms with Gasteiger partial charge >= 0.3 is 0 Å². The molecule has 4 heteroatoms. The number of carbonyl (C=O) groups excluding carboxylic acids is 2. The molecular weight excluding hydrogens is 126 g/mol. The summed E-state index contributed by atoms with van der Waals surface area (Å²) in [7, 11) is 0. The molecule has 46 valence electrons. The van der Waals surface area contributed by atoms with Crippen LogP contribution in [0.1, 0.15) is 6.92 Å². The topological polar surface area (TPSA) is 46.2 Å². The van der Waals surface area contributed by atoms with Crippen molar-refractivity contribution in [1.29, 1.82) is 0 Å². The maximum atomic E-state index is 10.1. The minimum Gasteiger partial charge on any atom is -0.338 e. The van der Waals surface area contributed by atoms with Crippen LogP contribution in [0.15, 0.2) is 0 Å². The second-order valence-electron chi connectivity index (χ2n) is 1.28. The number of amides is 1. The molecule has 8 heavy (non-hydrogen) atoms. The summed E-state index contributed by atoms with van der Waals surface area (Å²) in [6.07, 6.45) is 0.546.